The summed E-state index contributed by atoms with van der Waals surface area (Å²) in [5.41, 5.74) is 1.03. The molecule has 0 radical (unpaired) electrons. The second kappa shape index (κ2) is 5.85. The molecule has 2 rings (SSSR count). The van der Waals surface area contributed by atoms with Crippen LogP contribution in [0.3, 0.4) is 0 Å². The highest BCUT2D eigenvalue weighted by Crippen LogP contribution is 2.38. The lowest BCUT2D eigenvalue weighted by molar-refractivity contribution is -0.226. The maximum absolute atomic E-state index is 5.79. The monoisotopic (exact) mass is 378 g/mol. The molecule has 19 heavy (non-hydrogen) atoms. The summed E-state index contributed by atoms with van der Waals surface area (Å²) in [4.78, 5) is 0. The van der Waals surface area contributed by atoms with E-state index in [-0.39, 0.29) is 11.7 Å². The predicted molar refractivity (Wildman–Crippen MR) is 80.7 cm³/mol. The topological polar surface area (TPSA) is 36.9 Å². The molecule has 0 saturated carbocycles. The van der Waals surface area contributed by atoms with Crippen molar-refractivity contribution in [2.45, 2.75) is 20.1 Å². The zero-order valence-corrected chi connectivity index (χ0v) is 13.8. The van der Waals surface area contributed by atoms with Crippen molar-refractivity contribution in [3.63, 3.8) is 0 Å². The van der Waals surface area contributed by atoms with Crippen molar-refractivity contribution in [3.05, 3.63) is 21.3 Å². The lowest BCUT2D eigenvalue weighted by atomic mass is 9.95. The van der Waals surface area contributed by atoms with Crippen molar-refractivity contribution in [1.29, 1.82) is 0 Å². The van der Waals surface area contributed by atoms with Gasteiger partial charge < -0.3 is 18.9 Å². The number of halogens is 1. The highest BCUT2D eigenvalue weighted by Gasteiger charge is 2.30. The molecule has 1 aliphatic heterocycles. The van der Waals surface area contributed by atoms with Gasteiger partial charge in [-0.3, -0.25) is 0 Å². The van der Waals surface area contributed by atoms with Crippen molar-refractivity contribution >= 4 is 22.6 Å². The number of ether oxygens (including phenoxy) is 4. The molecule has 0 amide bonds. The molecular formula is C14H19IO4. The van der Waals surface area contributed by atoms with Crippen molar-refractivity contribution < 1.29 is 18.9 Å². The van der Waals surface area contributed by atoms with Gasteiger partial charge in [-0.05, 0) is 34.7 Å². The molecule has 4 nitrogen and oxygen atoms in total. The molecule has 0 bridgehead atoms. The van der Waals surface area contributed by atoms with Gasteiger partial charge in [0.1, 0.15) is 0 Å². The summed E-state index contributed by atoms with van der Waals surface area (Å²) in [5, 5.41) is 0. The summed E-state index contributed by atoms with van der Waals surface area (Å²) in [6.45, 7) is 5.62. The van der Waals surface area contributed by atoms with Crippen LogP contribution in [-0.4, -0.2) is 27.4 Å². The third-order valence-electron chi connectivity index (χ3n) is 2.98. The Morgan fingerprint density at radius 1 is 1.16 bits per heavy atom. The summed E-state index contributed by atoms with van der Waals surface area (Å²) < 4.78 is 23.2. The van der Waals surface area contributed by atoms with E-state index in [1.807, 2.05) is 12.1 Å². The second-order valence-corrected chi connectivity index (χ2v) is 6.52. The van der Waals surface area contributed by atoms with Crippen LogP contribution < -0.4 is 9.47 Å². The number of methoxy groups -OCH3 is 2. The fraction of sp³-hybridized carbons (Fsp3) is 0.571. The predicted octanol–water partition coefficient (Wildman–Crippen LogP) is 3.38. The minimum absolute atomic E-state index is 0.0697. The molecular weight excluding hydrogens is 359 g/mol. The van der Waals surface area contributed by atoms with Gasteiger partial charge in [0.2, 0.25) is 0 Å². The lowest BCUT2D eigenvalue weighted by Crippen LogP contribution is -2.33. The summed E-state index contributed by atoms with van der Waals surface area (Å²) in [6.07, 6.45) is -0.332. The minimum atomic E-state index is -0.332. The Morgan fingerprint density at radius 3 is 2.32 bits per heavy atom. The summed E-state index contributed by atoms with van der Waals surface area (Å²) >= 11 is 2.22. The molecule has 0 aromatic heterocycles. The fourth-order valence-electron chi connectivity index (χ4n) is 1.96. The van der Waals surface area contributed by atoms with Crippen LogP contribution in [0.15, 0.2) is 12.1 Å². The Labute approximate surface area is 127 Å². The molecule has 1 aromatic carbocycles. The average Bonchev–Trinajstić information content (AvgIpc) is 2.37. The summed E-state index contributed by atoms with van der Waals surface area (Å²) in [7, 11) is 3.26. The van der Waals surface area contributed by atoms with Crippen molar-refractivity contribution in [2.75, 3.05) is 27.4 Å². The molecule has 0 unspecified atom stereocenters. The largest absolute Gasteiger partial charge is 0.493 e. The van der Waals surface area contributed by atoms with Crippen LogP contribution in [0.4, 0.5) is 0 Å². The zero-order valence-electron chi connectivity index (χ0n) is 11.7. The highest BCUT2D eigenvalue weighted by atomic mass is 127. The second-order valence-electron chi connectivity index (χ2n) is 5.36. The quantitative estimate of drug-likeness (QED) is 0.756. The van der Waals surface area contributed by atoms with Gasteiger partial charge >= 0.3 is 0 Å². The van der Waals surface area contributed by atoms with Crippen LogP contribution in [0, 0.1) is 8.99 Å². The zero-order chi connectivity index (χ0) is 14.0. The number of hydrogen-bond acceptors (Lipinski definition) is 4. The molecule has 0 N–H and O–H groups in total. The maximum Gasteiger partial charge on any atom is 0.184 e. The van der Waals surface area contributed by atoms with Gasteiger partial charge in [0.05, 0.1) is 31.0 Å². The normalized spacial score (nSPS) is 19.2. The highest BCUT2D eigenvalue weighted by molar-refractivity contribution is 14.1. The molecule has 0 atom stereocenters. The van der Waals surface area contributed by atoms with E-state index in [1.165, 1.54) is 0 Å². The first-order valence-electron chi connectivity index (χ1n) is 6.11. The van der Waals surface area contributed by atoms with Crippen LogP contribution in [0.2, 0.25) is 0 Å². The van der Waals surface area contributed by atoms with E-state index in [9.17, 15) is 0 Å². The van der Waals surface area contributed by atoms with E-state index in [0.717, 1.165) is 14.9 Å². The molecule has 1 aromatic rings. The van der Waals surface area contributed by atoms with E-state index in [4.69, 9.17) is 18.9 Å². The van der Waals surface area contributed by atoms with Crippen molar-refractivity contribution in [1.82, 2.24) is 0 Å². The van der Waals surface area contributed by atoms with Crippen LogP contribution in [0.1, 0.15) is 25.7 Å². The Bertz CT molecular complexity index is 449. The maximum atomic E-state index is 5.79. The minimum Gasteiger partial charge on any atom is -0.493 e. The summed E-state index contributed by atoms with van der Waals surface area (Å²) in [5.74, 6) is 1.43. The molecule has 1 heterocycles. The number of benzene rings is 1. The Balaban J connectivity index is 2.24. The van der Waals surface area contributed by atoms with Gasteiger partial charge in [-0.1, -0.05) is 13.8 Å². The number of hydrogen-bond donors (Lipinski definition) is 0. The van der Waals surface area contributed by atoms with E-state index < -0.39 is 0 Å². The first-order valence-corrected chi connectivity index (χ1v) is 7.19. The van der Waals surface area contributed by atoms with E-state index in [2.05, 4.69) is 36.4 Å². The van der Waals surface area contributed by atoms with Gasteiger partial charge in [0, 0.05) is 11.0 Å². The average molecular weight is 378 g/mol. The Kier molecular flexibility index (Phi) is 4.58. The number of rotatable bonds is 3. The molecule has 0 aliphatic carbocycles. The molecule has 0 spiro atoms. The lowest BCUT2D eigenvalue weighted by Gasteiger charge is -2.34. The van der Waals surface area contributed by atoms with Gasteiger partial charge in [-0.15, -0.1) is 0 Å². The Hall–Kier alpha value is -0.530. The standard InChI is InChI=1S/C14H19IO4/c1-14(2)7-18-13(19-8-14)9-5-10(15)12(17-4)11(6-9)16-3/h5-6,13H,7-8H2,1-4H3. The molecule has 106 valence electrons. The molecule has 1 aliphatic rings. The van der Waals surface area contributed by atoms with Crippen molar-refractivity contribution in [3.8, 4) is 11.5 Å². The third kappa shape index (κ3) is 3.32. The van der Waals surface area contributed by atoms with Crippen molar-refractivity contribution in [2.24, 2.45) is 5.41 Å². The third-order valence-corrected chi connectivity index (χ3v) is 3.78. The molecule has 5 heteroatoms. The first kappa shape index (κ1) is 14.9. The van der Waals surface area contributed by atoms with Gasteiger partial charge in [-0.2, -0.15) is 0 Å². The van der Waals surface area contributed by atoms with Crippen LogP contribution >= 0.6 is 22.6 Å². The SMILES string of the molecule is COc1cc(C2OCC(C)(C)CO2)cc(I)c1OC. The Morgan fingerprint density at radius 2 is 1.79 bits per heavy atom. The van der Waals surface area contributed by atoms with E-state index in [1.54, 1.807) is 14.2 Å². The van der Waals surface area contributed by atoms with E-state index in [0.29, 0.717) is 19.0 Å². The summed E-state index contributed by atoms with van der Waals surface area (Å²) in [6, 6.07) is 3.91. The smallest absolute Gasteiger partial charge is 0.184 e. The van der Waals surface area contributed by atoms with Crippen LogP contribution in [-0.2, 0) is 9.47 Å². The van der Waals surface area contributed by atoms with E-state index >= 15 is 0 Å². The van der Waals surface area contributed by atoms with Crippen LogP contribution in [0.25, 0.3) is 0 Å². The molecule has 1 saturated heterocycles. The molecule has 1 fully saturated rings. The first-order chi connectivity index (χ1) is 8.96. The van der Waals surface area contributed by atoms with Crippen LogP contribution in [0.5, 0.6) is 11.5 Å². The fourth-order valence-corrected chi connectivity index (χ4v) is 2.80. The van der Waals surface area contributed by atoms with Gasteiger partial charge in [0.25, 0.3) is 0 Å². The van der Waals surface area contributed by atoms with Gasteiger partial charge in [0.15, 0.2) is 17.8 Å². The van der Waals surface area contributed by atoms with Gasteiger partial charge in [-0.25, -0.2) is 0 Å².